The van der Waals surface area contributed by atoms with Crippen LogP contribution in [-0.2, 0) is 10.0 Å². The van der Waals surface area contributed by atoms with Crippen LogP contribution in [0.25, 0.3) is 0 Å². The molecule has 0 amide bonds. The smallest absolute Gasteiger partial charge is 0.260 e. The van der Waals surface area contributed by atoms with Gasteiger partial charge in [-0.25, -0.2) is 18.1 Å². The second kappa shape index (κ2) is 5.46. The van der Waals surface area contributed by atoms with Gasteiger partial charge in [-0.3, -0.25) is 0 Å². The number of nitrogens with two attached hydrogens (primary N) is 1. The predicted molar refractivity (Wildman–Crippen MR) is 73.9 cm³/mol. The second-order valence-corrected chi connectivity index (χ2v) is 7.15. The molecule has 5 nitrogen and oxygen atoms in total. The monoisotopic (exact) mass is 287 g/mol. The van der Waals surface area contributed by atoms with E-state index in [-0.39, 0.29) is 16.8 Å². The highest BCUT2D eigenvalue weighted by Gasteiger charge is 2.29. The fourth-order valence-corrected chi connectivity index (χ4v) is 4.30. The molecular weight excluding hydrogens is 270 g/mol. The Hall–Kier alpha value is -0.790. The maximum absolute atomic E-state index is 12.1. The molecule has 3 N–H and O–H groups in total. The first kappa shape index (κ1) is 13.6. The van der Waals surface area contributed by atoms with E-state index in [9.17, 15) is 8.42 Å². The molecule has 1 fully saturated rings. The predicted octanol–water partition coefficient (Wildman–Crippen LogP) is 1.23. The number of thioether (sulfide) groups is 1. The van der Waals surface area contributed by atoms with Gasteiger partial charge < -0.3 is 5.73 Å². The summed E-state index contributed by atoms with van der Waals surface area (Å²) in [7, 11) is -3.60. The van der Waals surface area contributed by atoms with Crippen LogP contribution in [-0.4, -0.2) is 30.9 Å². The average molecular weight is 287 g/mol. The molecule has 1 aliphatic carbocycles. The van der Waals surface area contributed by atoms with Gasteiger partial charge in [0.2, 0.25) is 0 Å². The average Bonchev–Trinajstić information content (AvgIpc) is 2.76. The molecule has 0 bridgehead atoms. The van der Waals surface area contributed by atoms with E-state index < -0.39 is 10.0 Å². The van der Waals surface area contributed by atoms with E-state index in [2.05, 4.69) is 16.0 Å². The molecule has 1 aliphatic rings. The maximum Gasteiger partial charge on any atom is 0.260 e. The van der Waals surface area contributed by atoms with Gasteiger partial charge in [0.15, 0.2) is 5.03 Å². The molecule has 2 unspecified atom stereocenters. The number of nitrogens with one attached hydrogen (secondary N) is 1. The topological polar surface area (TPSA) is 85.1 Å². The summed E-state index contributed by atoms with van der Waals surface area (Å²) in [5.41, 5.74) is 5.83. The van der Waals surface area contributed by atoms with Gasteiger partial charge in [-0.1, -0.05) is 0 Å². The second-order valence-electron chi connectivity index (χ2n) is 4.39. The summed E-state index contributed by atoms with van der Waals surface area (Å²) >= 11 is 1.79. The van der Waals surface area contributed by atoms with Gasteiger partial charge in [-0.2, -0.15) is 11.8 Å². The Morgan fingerprint density at radius 3 is 2.89 bits per heavy atom. The summed E-state index contributed by atoms with van der Waals surface area (Å²) in [6.45, 7) is 0. The molecule has 0 saturated heterocycles. The zero-order valence-electron chi connectivity index (χ0n) is 10.2. The summed E-state index contributed by atoms with van der Waals surface area (Å²) in [6, 6.07) is 3.16. The third kappa shape index (κ3) is 2.96. The molecule has 2 atom stereocenters. The number of nitrogens with zero attached hydrogens (tertiary/aromatic N) is 1. The van der Waals surface area contributed by atoms with Gasteiger partial charge in [0, 0.05) is 17.5 Å². The van der Waals surface area contributed by atoms with Crippen molar-refractivity contribution in [3.8, 4) is 0 Å². The molecular formula is C11H17N3O2S2. The minimum Gasteiger partial charge on any atom is -0.396 e. The van der Waals surface area contributed by atoms with Gasteiger partial charge >= 0.3 is 0 Å². The van der Waals surface area contributed by atoms with E-state index in [0.717, 1.165) is 19.3 Å². The summed E-state index contributed by atoms with van der Waals surface area (Å²) < 4.78 is 27.0. The lowest BCUT2D eigenvalue weighted by Gasteiger charge is -2.13. The van der Waals surface area contributed by atoms with Crippen LogP contribution in [0, 0.1) is 0 Å². The molecule has 1 aromatic heterocycles. The Morgan fingerprint density at radius 1 is 1.50 bits per heavy atom. The first-order valence-electron chi connectivity index (χ1n) is 5.78. The Morgan fingerprint density at radius 2 is 2.28 bits per heavy atom. The largest absolute Gasteiger partial charge is 0.396 e. The Kier molecular flexibility index (Phi) is 4.14. The Labute approximate surface area is 112 Å². The van der Waals surface area contributed by atoms with Crippen LogP contribution < -0.4 is 10.5 Å². The van der Waals surface area contributed by atoms with Crippen molar-refractivity contribution in [3.05, 3.63) is 18.3 Å². The minimum atomic E-state index is -3.60. The zero-order chi connectivity index (χ0) is 13.2. The van der Waals surface area contributed by atoms with E-state index in [1.807, 2.05) is 0 Å². The molecule has 1 saturated carbocycles. The molecule has 1 heterocycles. The van der Waals surface area contributed by atoms with E-state index in [1.54, 1.807) is 23.9 Å². The zero-order valence-corrected chi connectivity index (χ0v) is 11.8. The van der Waals surface area contributed by atoms with E-state index >= 15 is 0 Å². The number of aromatic nitrogens is 1. The summed E-state index contributed by atoms with van der Waals surface area (Å²) in [5, 5.41) is 0.469. The van der Waals surface area contributed by atoms with Crippen LogP contribution in [0.3, 0.4) is 0 Å². The van der Waals surface area contributed by atoms with Gasteiger partial charge in [-0.05, 0) is 37.7 Å². The number of sulfonamides is 1. The van der Waals surface area contributed by atoms with Gasteiger partial charge in [0.05, 0.1) is 5.69 Å². The van der Waals surface area contributed by atoms with Crippen molar-refractivity contribution in [1.29, 1.82) is 0 Å². The summed E-state index contributed by atoms with van der Waals surface area (Å²) in [6.07, 6.45) is 6.28. The standard InChI is InChI=1S/C11H17N3O2S2/c1-17-9-5-4-8(7-9)14-18(15,16)11-10(12)3-2-6-13-11/h2-3,6,8-9,14H,4-5,7,12H2,1H3. The Bertz CT molecular complexity index is 519. The number of hydrogen-bond donors (Lipinski definition) is 2. The number of rotatable bonds is 4. The van der Waals surface area contributed by atoms with Gasteiger partial charge in [0.1, 0.15) is 0 Å². The fourth-order valence-electron chi connectivity index (χ4n) is 2.16. The number of hydrogen-bond acceptors (Lipinski definition) is 5. The van der Waals surface area contributed by atoms with Gasteiger partial charge in [0.25, 0.3) is 10.0 Å². The highest BCUT2D eigenvalue weighted by atomic mass is 32.2. The van der Waals surface area contributed by atoms with E-state index in [4.69, 9.17) is 5.73 Å². The van der Waals surface area contributed by atoms with E-state index in [0.29, 0.717) is 5.25 Å². The minimum absolute atomic E-state index is 0.00569. The molecule has 7 heteroatoms. The van der Waals surface area contributed by atoms with Gasteiger partial charge in [-0.15, -0.1) is 0 Å². The molecule has 0 aliphatic heterocycles. The Balaban J connectivity index is 2.11. The lowest BCUT2D eigenvalue weighted by Crippen LogP contribution is -2.34. The SMILES string of the molecule is CSC1CCC(NS(=O)(=O)c2ncccc2N)C1. The van der Waals surface area contributed by atoms with Crippen LogP contribution in [0.2, 0.25) is 0 Å². The number of pyridine rings is 1. The highest BCUT2D eigenvalue weighted by molar-refractivity contribution is 7.99. The highest BCUT2D eigenvalue weighted by Crippen LogP contribution is 2.29. The molecule has 1 aromatic rings. The van der Waals surface area contributed by atoms with Crippen molar-refractivity contribution in [2.75, 3.05) is 12.0 Å². The molecule has 18 heavy (non-hydrogen) atoms. The third-order valence-corrected chi connectivity index (χ3v) is 5.68. The summed E-state index contributed by atoms with van der Waals surface area (Å²) in [5.74, 6) is 0. The van der Waals surface area contributed by atoms with Crippen molar-refractivity contribution in [3.63, 3.8) is 0 Å². The van der Waals surface area contributed by atoms with Crippen molar-refractivity contribution < 1.29 is 8.42 Å². The normalized spacial score (nSPS) is 24.3. The molecule has 0 radical (unpaired) electrons. The molecule has 0 spiro atoms. The molecule has 2 rings (SSSR count). The van der Waals surface area contributed by atoms with Crippen molar-refractivity contribution in [1.82, 2.24) is 9.71 Å². The quantitative estimate of drug-likeness (QED) is 0.870. The molecule has 0 aromatic carbocycles. The lowest BCUT2D eigenvalue weighted by molar-refractivity contribution is 0.550. The fraction of sp³-hybridized carbons (Fsp3) is 0.545. The first-order chi connectivity index (χ1) is 8.53. The third-order valence-electron chi connectivity index (χ3n) is 3.09. The maximum atomic E-state index is 12.1. The number of nitrogen functional groups attached to an aromatic ring is 1. The van der Waals surface area contributed by atoms with Crippen LogP contribution in [0.15, 0.2) is 23.4 Å². The van der Waals surface area contributed by atoms with Crippen LogP contribution in [0.4, 0.5) is 5.69 Å². The molecule has 100 valence electrons. The van der Waals surface area contributed by atoms with Crippen LogP contribution in [0.5, 0.6) is 0 Å². The van der Waals surface area contributed by atoms with Crippen molar-refractivity contribution in [2.24, 2.45) is 0 Å². The lowest BCUT2D eigenvalue weighted by atomic mass is 10.3. The van der Waals surface area contributed by atoms with E-state index in [1.165, 1.54) is 6.20 Å². The van der Waals surface area contributed by atoms with Crippen LogP contribution in [0.1, 0.15) is 19.3 Å². The first-order valence-corrected chi connectivity index (χ1v) is 8.55. The van der Waals surface area contributed by atoms with Crippen molar-refractivity contribution in [2.45, 2.75) is 35.6 Å². The number of anilines is 1. The van der Waals surface area contributed by atoms with Crippen molar-refractivity contribution >= 4 is 27.5 Å². The van der Waals surface area contributed by atoms with Crippen LogP contribution >= 0.6 is 11.8 Å². The summed E-state index contributed by atoms with van der Waals surface area (Å²) in [4.78, 5) is 3.85.